The molecule has 0 saturated carbocycles. The lowest BCUT2D eigenvalue weighted by atomic mass is 10.2. The van der Waals surface area contributed by atoms with Gasteiger partial charge in [0.05, 0.1) is 12.5 Å². The Morgan fingerprint density at radius 1 is 1.25 bits per heavy atom. The third-order valence-electron chi connectivity index (χ3n) is 2.23. The van der Waals surface area contributed by atoms with Crippen LogP contribution in [0.5, 0.6) is 0 Å². The third-order valence-corrected chi connectivity index (χ3v) is 2.23. The van der Waals surface area contributed by atoms with E-state index in [0.717, 1.165) is 19.3 Å². The van der Waals surface area contributed by atoms with Crippen molar-refractivity contribution in [2.45, 2.75) is 46.5 Å². The first-order valence-corrected chi connectivity index (χ1v) is 6.05. The van der Waals surface area contributed by atoms with E-state index in [1.165, 1.54) is 0 Å². The Morgan fingerprint density at radius 2 is 1.94 bits per heavy atom. The Bertz CT molecular complexity index is 216. The molecule has 0 aliphatic rings. The first-order valence-electron chi connectivity index (χ1n) is 6.05. The average Bonchev–Trinajstić information content (AvgIpc) is 2.26. The van der Waals surface area contributed by atoms with Gasteiger partial charge in [0, 0.05) is 13.0 Å². The maximum Gasteiger partial charge on any atom is 0.310 e. The van der Waals surface area contributed by atoms with Gasteiger partial charge in [0.2, 0.25) is 5.91 Å². The van der Waals surface area contributed by atoms with E-state index in [2.05, 4.69) is 5.32 Å². The second kappa shape index (κ2) is 9.19. The molecule has 4 nitrogen and oxygen atoms in total. The van der Waals surface area contributed by atoms with Crippen molar-refractivity contribution < 1.29 is 14.3 Å². The summed E-state index contributed by atoms with van der Waals surface area (Å²) in [6, 6.07) is 0. The summed E-state index contributed by atoms with van der Waals surface area (Å²) in [6.07, 6.45) is 3.23. The standard InChI is InChI=1S/C12H23NO3/c1-4-6-8-16-12(15)10(3)9-13-11(14)7-5-2/h10H,4-9H2,1-3H3,(H,13,14)/t10-/m1/s1. The van der Waals surface area contributed by atoms with Gasteiger partial charge in [-0.25, -0.2) is 0 Å². The van der Waals surface area contributed by atoms with Crippen molar-refractivity contribution in [3.05, 3.63) is 0 Å². The van der Waals surface area contributed by atoms with E-state index in [9.17, 15) is 9.59 Å². The minimum atomic E-state index is -0.266. The SMILES string of the molecule is CCCCOC(=O)[C@H](C)CNC(=O)CCC. The molecule has 94 valence electrons. The van der Waals surface area contributed by atoms with Crippen molar-refractivity contribution in [3.8, 4) is 0 Å². The highest BCUT2D eigenvalue weighted by molar-refractivity contribution is 5.77. The lowest BCUT2D eigenvalue weighted by Crippen LogP contribution is -2.32. The number of hydrogen-bond donors (Lipinski definition) is 1. The smallest absolute Gasteiger partial charge is 0.310 e. The van der Waals surface area contributed by atoms with Crippen molar-refractivity contribution in [3.63, 3.8) is 0 Å². The molecule has 0 heterocycles. The molecule has 16 heavy (non-hydrogen) atoms. The molecular weight excluding hydrogens is 206 g/mol. The van der Waals surface area contributed by atoms with Crippen LogP contribution >= 0.6 is 0 Å². The van der Waals surface area contributed by atoms with Gasteiger partial charge >= 0.3 is 5.97 Å². The van der Waals surface area contributed by atoms with E-state index in [1.807, 2.05) is 13.8 Å². The van der Waals surface area contributed by atoms with Crippen LogP contribution in [0.4, 0.5) is 0 Å². The van der Waals surface area contributed by atoms with Gasteiger partial charge < -0.3 is 10.1 Å². The first kappa shape index (κ1) is 14.9. The first-order chi connectivity index (χ1) is 7.61. The Kier molecular flexibility index (Phi) is 8.58. The summed E-state index contributed by atoms with van der Waals surface area (Å²) < 4.78 is 5.05. The number of amides is 1. The van der Waals surface area contributed by atoms with E-state index >= 15 is 0 Å². The fraction of sp³-hybridized carbons (Fsp3) is 0.833. The van der Waals surface area contributed by atoms with Crippen LogP contribution in [-0.4, -0.2) is 25.0 Å². The lowest BCUT2D eigenvalue weighted by Gasteiger charge is -2.12. The van der Waals surface area contributed by atoms with Crippen LogP contribution in [0.25, 0.3) is 0 Å². The second-order valence-corrected chi connectivity index (χ2v) is 3.98. The normalized spacial score (nSPS) is 11.9. The predicted octanol–water partition coefficient (Wildman–Crippen LogP) is 1.88. The summed E-state index contributed by atoms with van der Waals surface area (Å²) in [4.78, 5) is 22.6. The average molecular weight is 229 g/mol. The van der Waals surface area contributed by atoms with Crippen molar-refractivity contribution in [2.75, 3.05) is 13.2 Å². The van der Waals surface area contributed by atoms with Crippen LogP contribution in [0.2, 0.25) is 0 Å². The third kappa shape index (κ3) is 7.26. The number of esters is 1. The van der Waals surface area contributed by atoms with Gasteiger partial charge in [0.25, 0.3) is 0 Å². The number of carbonyl (C=O) groups excluding carboxylic acids is 2. The molecule has 1 amide bonds. The Labute approximate surface area is 97.7 Å². The molecule has 0 aliphatic carbocycles. The molecular formula is C12H23NO3. The van der Waals surface area contributed by atoms with Crippen molar-refractivity contribution in [1.82, 2.24) is 5.32 Å². The van der Waals surface area contributed by atoms with E-state index in [0.29, 0.717) is 19.6 Å². The van der Waals surface area contributed by atoms with Crippen LogP contribution in [-0.2, 0) is 14.3 Å². The van der Waals surface area contributed by atoms with E-state index in [4.69, 9.17) is 4.74 Å². The van der Waals surface area contributed by atoms with Crippen molar-refractivity contribution >= 4 is 11.9 Å². The number of unbranched alkanes of at least 4 members (excludes halogenated alkanes) is 1. The number of carbonyl (C=O) groups is 2. The minimum Gasteiger partial charge on any atom is -0.465 e. The zero-order chi connectivity index (χ0) is 12.4. The van der Waals surface area contributed by atoms with Gasteiger partial charge in [-0.2, -0.15) is 0 Å². The summed E-state index contributed by atoms with van der Waals surface area (Å²) in [7, 11) is 0. The van der Waals surface area contributed by atoms with Gasteiger partial charge in [-0.1, -0.05) is 27.2 Å². The fourth-order valence-electron chi connectivity index (χ4n) is 1.13. The van der Waals surface area contributed by atoms with Gasteiger partial charge in [0.1, 0.15) is 0 Å². The van der Waals surface area contributed by atoms with Gasteiger partial charge in [-0.05, 0) is 12.8 Å². The second-order valence-electron chi connectivity index (χ2n) is 3.98. The largest absolute Gasteiger partial charge is 0.465 e. The molecule has 0 bridgehead atoms. The number of nitrogens with one attached hydrogen (secondary N) is 1. The fourth-order valence-corrected chi connectivity index (χ4v) is 1.13. The number of rotatable bonds is 8. The molecule has 4 heteroatoms. The topological polar surface area (TPSA) is 55.4 Å². The molecule has 1 atom stereocenters. The molecule has 0 aromatic rings. The zero-order valence-corrected chi connectivity index (χ0v) is 10.5. The predicted molar refractivity (Wildman–Crippen MR) is 62.9 cm³/mol. The summed E-state index contributed by atoms with van der Waals surface area (Å²) in [6.45, 7) is 6.59. The van der Waals surface area contributed by atoms with Gasteiger partial charge in [-0.3, -0.25) is 9.59 Å². The molecule has 0 saturated heterocycles. The summed E-state index contributed by atoms with van der Waals surface area (Å²) in [5, 5.41) is 2.71. The molecule has 0 aromatic carbocycles. The molecule has 0 aromatic heterocycles. The minimum absolute atomic E-state index is 0.00397. The highest BCUT2D eigenvalue weighted by Crippen LogP contribution is 1.99. The lowest BCUT2D eigenvalue weighted by molar-refractivity contribution is -0.147. The van der Waals surface area contributed by atoms with Crippen LogP contribution in [0.1, 0.15) is 46.5 Å². The molecule has 0 unspecified atom stereocenters. The van der Waals surface area contributed by atoms with Gasteiger partial charge in [0.15, 0.2) is 0 Å². The summed E-state index contributed by atoms with van der Waals surface area (Å²) in [5.41, 5.74) is 0. The Balaban J connectivity index is 3.66. The van der Waals surface area contributed by atoms with Gasteiger partial charge in [-0.15, -0.1) is 0 Å². The highest BCUT2D eigenvalue weighted by Gasteiger charge is 2.14. The quantitative estimate of drug-likeness (QED) is 0.510. The van der Waals surface area contributed by atoms with Crippen molar-refractivity contribution in [1.29, 1.82) is 0 Å². The van der Waals surface area contributed by atoms with Crippen molar-refractivity contribution in [2.24, 2.45) is 5.92 Å². The molecule has 0 spiro atoms. The molecule has 0 aliphatic heterocycles. The Hall–Kier alpha value is -1.06. The highest BCUT2D eigenvalue weighted by atomic mass is 16.5. The number of hydrogen-bond acceptors (Lipinski definition) is 3. The van der Waals surface area contributed by atoms with E-state index in [1.54, 1.807) is 6.92 Å². The van der Waals surface area contributed by atoms with Crippen LogP contribution < -0.4 is 5.32 Å². The molecule has 0 fully saturated rings. The maximum atomic E-state index is 11.4. The molecule has 0 radical (unpaired) electrons. The Morgan fingerprint density at radius 3 is 2.50 bits per heavy atom. The van der Waals surface area contributed by atoms with E-state index in [-0.39, 0.29) is 17.8 Å². The zero-order valence-electron chi connectivity index (χ0n) is 10.5. The monoisotopic (exact) mass is 229 g/mol. The summed E-state index contributed by atoms with van der Waals surface area (Å²) >= 11 is 0. The van der Waals surface area contributed by atoms with Crippen LogP contribution in [0.3, 0.4) is 0 Å². The molecule has 0 rings (SSSR count). The summed E-state index contributed by atoms with van der Waals surface area (Å²) in [5.74, 6) is -0.501. The van der Waals surface area contributed by atoms with Crippen LogP contribution in [0.15, 0.2) is 0 Å². The number of ether oxygens (including phenoxy) is 1. The van der Waals surface area contributed by atoms with E-state index < -0.39 is 0 Å². The maximum absolute atomic E-state index is 11.4. The van der Waals surface area contributed by atoms with Crippen LogP contribution in [0, 0.1) is 5.92 Å². The molecule has 1 N–H and O–H groups in total.